The molecular weight excluding hydrogens is 238 g/mol. The Morgan fingerprint density at radius 1 is 1.26 bits per heavy atom. The maximum atomic E-state index is 12.6. The molecule has 1 aliphatic heterocycles. The molecular formula is C15H19N3O. The first-order chi connectivity index (χ1) is 9.29. The Bertz CT molecular complexity index is 596. The van der Waals surface area contributed by atoms with E-state index in [-0.39, 0.29) is 5.91 Å². The van der Waals surface area contributed by atoms with Crippen LogP contribution in [-0.2, 0) is 0 Å². The smallest absolute Gasteiger partial charge is 0.255 e. The number of carbonyl (C=O) groups excluding carboxylic acids is 1. The van der Waals surface area contributed by atoms with Gasteiger partial charge in [-0.1, -0.05) is 0 Å². The molecule has 2 N–H and O–H groups in total. The second kappa shape index (κ2) is 4.96. The minimum absolute atomic E-state index is 0.146. The molecule has 4 nitrogen and oxygen atoms in total. The average molecular weight is 257 g/mol. The van der Waals surface area contributed by atoms with Crippen molar-refractivity contribution in [2.24, 2.45) is 0 Å². The van der Waals surface area contributed by atoms with Crippen LogP contribution in [0.3, 0.4) is 0 Å². The van der Waals surface area contributed by atoms with Crippen molar-refractivity contribution in [3.05, 3.63) is 30.0 Å². The van der Waals surface area contributed by atoms with E-state index < -0.39 is 0 Å². The number of carbonyl (C=O) groups is 1. The van der Waals surface area contributed by atoms with Crippen molar-refractivity contribution in [3.63, 3.8) is 0 Å². The number of anilines is 1. The topological polar surface area (TPSA) is 48.1 Å². The van der Waals surface area contributed by atoms with Crippen LogP contribution >= 0.6 is 0 Å². The monoisotopic (exact) mass is 257 g/mol. The van der Waals surface area contributed by atoms with E-state index >= 15 is 0 Å². The largest absolute Gasteiger partial charge is 0.387 e. The second-order valence-corrected chi connectivity index (χ2v) is 5.07. The van der Waals surface area contributed by atoms with Crippen LogP contribution in [-0.4, -0.2) is 35.9 Å². The van der Waals surface area contributed by atoms with Gasteiger partial charge in [0.2, 0.25) is 0 Å². The van der Waals surface area contributed by atoms with Crippen molar-refractivity contribution >= 4 is 22.5 Å². The van der Waals surface area contributed by atoms with Gasteiger partial charge in [-0.2, -0.15) is 0 Å². The van der Waals surface area contributed by atoms with Gasteiger partial charge in [-0.25, -0.2) is 0 Å². The molecule has 2 aromatic rings. The van der Waals surface area contributed by atoms with E-state index in [1.54, 1.807) is 0 Å². The van der Waals surface area contributed by atoms with Gasteiger partial charge >= 0.3 is 0 Å². The highest BCUT2D eigenvalue weighted by Crippen LogP contribution is 2.25. The zero-order valence-corrected chi connectivity index (χ0v) is 11.2. The molecule has 2 heterocycles. The van der Waals surface area contributed by atoms with Gasteiger partial charge in [-0.3, -0.25) is 4.79 Å². The van der Waals surface area contributed by atoms with Gasteiger partial charge in [0.1, 0.15) is 0 Å². The van der Waals surface area contributed by atoms with Crippen LogP contribution in [0.1, 0.15) is 29.6 Å². The quantitative estimate of drug-likeness (QED) is 0.869. The molecule has 19 heavy (non-hydrogen) atoms. The summed E-state index contributed by atoms with van der Waals surface area (Å²) in [6.07, 6.45) is 5.37. The summed E-state index contributed by atoms with van der Waals surface area (Å²) >= 11 is 0. The van der Waals surface area contributed by atoms with Crippen molar-refractivity contribution < 1.29 is 4.79 Å². The Morgan fingerprint density at radius 2 is 2.05 bits per heavy atom. The molecule has 0 unspecified atom stereocenters. The number of benzene rings is 1. The van der Waals surface area contributed by atoms with Gasteiger partial charge < -0.3 is 15.2 Å². The third-order valence-corrected chi connectivity index (χ3v) is 3.83. The lowest BCUT2D eigenvalue weighted by Crippen LogP contribution is -2.35. The van der Waals surface area contributed by atoms with E-state index in [1.165, 1.54) is 6.42 Å². The van der Waals surface area contributed by atoms with Crippen molar-refractivity contribution in [3.8, 4) is 0 Å². The second-order valence-electron chi connectivity index (χ2n) is 5.07. The first-order valence-electron chi connectivity index (χ1n) is 6.88. The zero-order chi connectivity index (χ0) is 13.2. The molecule has 0 bridgehead atoms. The molecule has 4 heteroatoms. The lowest BCUT2D eigenvalue weighted by molar-refractivity contribution is 0.0725. The van der Waals surface area contributed by atoms with E-state index in [0.717, 1.165) is 48.1 Å². The van der Waals surface area contributed by atoms with Crippen LogP contribution in [0.15, 0.2) is 24.4 Å². The molecule has 1 amide bonds. The summed E-state index contributed by atoms with van der Waals surface area (Å²) in [5.41, 5.74) is 2.72. The fraction of sp³-hybridized carbons (Fsp3) is 0.400. The lowest BCUT2D eigenvalue weighted by Gasteiger charge is -2.27. The highest BCUT2D eigenvalue weighted by Gasteiger charge is 2.21. The van der Waals surface area contributed by atoms with Crippen LogP contribution in [0, 0.1) is 0 Å². The maximum absolute atomic E-state index is 12.6. The summed E-state index contributed by atoms with van der Waals surface area (Å²) in [5, 5.41) is 4.21. The van der Waals surface area contributed by atoms with E-state index in [1.807, 2.05) is 36.3 Å². The summed E-state index contributed by atoms with van der Waals surface area (Å²) in [6.45, 7) is 1.76. The number of nitrogens with one attached hydrogen (secondary N) is 2. The third-order valence-electron chi connectivity index (χ3n) is 3.83. The molecule has 1 saturated heterocycles. The number of hydrogen-bond acceptors (Lipinski definition) is 2. The van der Waals surface area contributed by atoms with Gasteiger partial charge in [0.15, 0.2) is 0 Å². The predicted octanol–water partition coefficient (Wildman–Crippen LogP) is 2.84. The lowest BCUT2D eigenvalue weighted by atomic mass is 10.1. The third kappa shape index (κ3) is 2.18. The Labute approximate surface area is 112 Å². The molecule has 0 saturated carbocycles. The Morgan fingerprint density at radius 3 is 2.79 bits per heavy atom. The SMILES string of the molecule is CNc1cc2[nH]ccc2cc1C(=O)N1CCCCC1. The van der Waals surface area contributed by atoms with Crippen molar-refractivity contribution in [2.75, 3.05) is 25.5 Å². The minimum Gasteiger partial charge on any atom is -0.387 e. The van der Waals surface area contributed by atoms with Crippen molar-refractivity contribution in [1.82, 2.24) is 9.88 Å². The summed E-state index contributed by atoms with van der Waals surface area (Å²) in [7, 11) is 1.86. The summed E-state index contributed by atoms with van der Waals surface area (Å²) in [6, 6.07) is 5.99. The molecule has 100 valence electrons. The normalized spacial score (nSPS) is 15.7. The first-order valence-corrected chi connectivity index (χ1v) is 6.88. The summed E-state index contributed by atoms with van der Waals surface area (Å²) < 4.78 is 0. The zero-order valence-electron chi connectivity index (χ0n) is 11.2. The first kappa shape index (κ1) is 12.1. The van der Waals surface area contributed by atoms with Gasteiger partial charge in [-0.05, 0) is 37.5 Å². The van der Waals surface area contributed by atoms with Crippen LogP contribution in [0.2, 0.25) is 0 Å². The van der Waals surface area contributed by atoms with Crippen LogP contribution in [0.25, 0.3) is 10.9 Å². The fourth-order valence-corrected chi connectivity index (χ4v) is 2.75. The highest BCUT2D eigenvalue weighted by atomic mass is 16.2. The number of hydrogen-bond donors (Lipinski definition) is 2. The molecule has 1 aliphatic rings. The van der Waals surface area contributed by atoms with Crippen LogP contribution < -0.4 is 5.32 Å². The Kier molecular flexibility index (Phi) is 3.15. The number of aromatic nitrogens is 1. The number of amides is 1. The molecule has 1 aromatic carbocycles. The summed E-state index contributed by atoms with van der Waals surface area (Å²) in [4.78, 5) is 17.8. The molecule has 0 spiro atoms. The average Bonchev–Trinajstić information content (AvgIpc) is 2.93. The van der Waals surface area contributed by atoms with Crippen LogP contribution in [0.4, 0.5) is 5.69 Å². The van der Waals surface area contributed by atoms with Gasteiger partial charge in [0.25, 0.3) is 5.91 Å². The van der Waals surface area contributed by atoms with Crippen molar-refractivity contribution in [2.45, 2.75) is 19.3 Å². The molecule has 0 radical (unpaired) electrons. The van der Waals surface area contributed by atoms with Gasteiger partial charge in [-0.15, -0.1) is 0 Å². The van der Waals surface area contributed by atoms with Gasteiger partial charge in [0, 0.05) is 42.9 Å². The predicted molar refractivity (Wildman–Crippen MR) is 77.6 cm³/mol. The standard InChI is InChI=1S/C15H19N3O/c1-16-14-10-13-11(5-6-17-13)9-12(14)15(19)18-7-3-2-4-8-18/h5-6,9-10,16-17H,2-4,7-8H2,1H3. The number of rotatable bonds is 2. The number of fused-ring (bicyclic) bond motifs is 1. The molecule has 0 aliphatic carbocycles. The molecule has 0 atom stereocenters. The minimum atomic E-state index is 0.146. The van der Waals surface area contributed by atoms with Gasteiger partial charge in [0.05, 0.1) is 5.56 Å². The van der Waals surface area contributed by atoms with E-state index in [9.17, 15) is 4.79 Å². The number of likely N-dealkylation sites (tertiary alicyclic amines) is 1. The van der Waals surface area contributed by atoms with E-state index in [0.29, 0.717) is 0 Å². The fourth-order valence-electron chi connectivity index (χ4n) is 2.75. The number of nitrogens with zero attached hydrogens (tertiary/aromatic N) is 1. The number of H-pyrrole nitrogens is 1. The number of piperidine rings is 1. The molecule has 1 aromatic heterocycles. The maximum Gasteiger partial charge on any atom is 0.255 e. The Hall–Kier alpha value is -1.97. The van der Waals surface area contributed by atoms with E-state index in [2.05, 4.69) is 10.3 Å². The van der Waals surface area contributed by atoms with Crippen LogP contribution in [0.5, 0.6) is 0 Å². The highest BCUT2D eigenvalue weighted by molar-refractivity contribution is 6.03. The summed E-state index contributed by atoms with van der Waals surface area (Å²) in [5.74, 6) is 0.146. The molecule has 3 rings (SSSR count). The van der Waals surface area contributed by atoms with E-state index in [4.69, 9.17) is 0 Å². The number of aromatic amines is 1. The Balaban J connectivity index is 1.99. The molecule has 1 fully saturated rings. The van der Waals surface area contributed by atoms with Crippen molar-refractivity contribution in [1.29, 1.82) is 0 Å².